The third kappa shape index (κ3) is 7.45. The summed E-state index contributed by atoms with van der Waals surface area (Å²) in [5.41, 5.74) is 2.33. The van der Waals surface area contributed by atoms with Gasteiger partial charge in [0.15, 0.2) is 5.96 Å². The molecule has 2 heterocycles. The van der Waals surface area contributed by atoms with Crippen LogP contribution in [0, 0.1) is 0 Å². The Morgan fingerprint density at radius 2 is 2.00 bits per heavy atom. The van der Waals surface area contributed by atoms with Crippen LogP contribution in [0.2, 0.25) is 0 Å². The predicted molar refractivity (Wildman–Crippen MR) is 141 cm³/mol. The lowest BCUT2D eigenvalue weighted by Crippen LogP contribution is -2.44. The molecule has 0 radical (unpaired) electrons. The summed E-state index contributed by atoms with van der Waals surface area (Å²) in [6.07, 6.45) is 7.44. The molecule has 1 aromatic carbocycles. The first-order valence-electron chi connectivity index (χ1n) is 11.4. The maximum atomic E-state index is 10.8. The van der Waals surface area contributed by atoms with E-state index in [2.05, 4.69) is 51.8 Å². The number of nitrogens with zero attached hydrogens (tertiary/aromatic N) is 4. The molecular formula is C24H39IN6O. The van der Waals surface area contributed by atoms with Crippen molar-refractivity contribution in [2.45, 2.75) is 64.8 Å². The number of halogens is 1. The molecule has 1 aliphatic heterocycles. The zero-order chi connectivity index (χ0) is 22.3. The van der Waals surface area contributed by atoms with Gasteiger partial charge in [-0.3, -0.25) is 9.58 Å². The van der Waals surface area contributed by atoms with Crippen LogP contribution in [-0.2, 0) is 25.7 Å². The number of aliphatic imine (C=N–C) groups is 1. The van der Waals surface area contributed by atoms with Gasteiger partial charge in [0, 0.05) is 37.9 Å². The van der Waals surface area contributed by atoms with Gasteiger partial charge in [-0.25, -0.2) is 4.99 Å². The molecule has 1 aromatic heterocycles. The van der Waals surface area contributed by atoms with Crippen LogP contribution in [0.25, 0.3) is 0 Å². The summed E-state index contributed by atoms with van der Waals surface area (Å²) in [6.45, 7) is 10.0. The van der Waals surface area contributed by atoms with Crippen LogP contribution in [0.4, 0.5) is 0 Å². The topological polar surface area (TPSA) is 77.7 Å². The van der Waals surface area contributed by atoms with Gasteiger partial charge in [0.2, 0.25) is 0 Å². The maximum absolute atomic E-state index is 10.8. The molecule has 0 bridgehead atoms. The number of aryl methyl sites for hydroxylation is 1. The molecule has 1 saturated heterocycles. The number of hydrogen-bond acceptors (Lipinski definition) is 4. The van der Waals surface area contributed by atoms with Crippen molar-refractivity contribution in [3.63, 3.8) is 0 Å². The van der Waals surface area contributed by atoms with Crippen molar-refractivity contribution >= 4 is 29.9 Å². The number of piperidine rings is 1. The van der Waals surface area contributed by atoms with Crippen molar-refractivity contribution in [3.8, 4) is 0 Å². The highest BCUT2D eigenvalue weighted by Gasteiger charge is 2.25. The van der Waals surface area contributed by atoms with Crippen LogP contribution in [0.15, 0.2) is 41.7 Å². The van der Waals surface area contributed by atoms with Crippen LogP contribution in [0.1, 0.15) is 56.7 Å². The van der Waals surface area contributed by atoms with Crippen LogP contribution in [0.5, 0.6) is 0 Å². The van der Waals surface area contributed by atoms with Crippen LogP contribution in [-0.4, -0.2) is 51.4 Å². The first-order chi connectivity index (χ1) is 14.9. The van der Waals surface area contributed by atoms with E-state index in [1.807, 2.05) is 20.2 Å². The summed E-state index contributed by atoms with van der Waals surface area (Å²) >= 11 is 0. The number of benzene rings is 1. The molecule has 32 heavy (non-hydrogen) atoms. The molecular weight excluding hydrogens is 515 g/mol. The van der Waals surface area contributed by atoms with E-state index in [1.165, 1.54) is 36.9 Å². The number of aromatic nitrogens is 2. The van der Waals surface area contributed by atoms with Gasteiger partial charge in [-0.2, -0.15) is 5.10 Å². The number of rotatable bonds is 8. The van der Waals surface area contributed by atoms with Gasteiger partial charge in [0.25, 0.3) is 0 Å². The number of guanidine groups is 1. The maximum Gasteiger partial charge on any atom is 0.191 e. The lowest BCUT2D eigenvalue weighted by atomic mass is 10.00. The van der Waals surface area contributed by atoms with Gasteiger partial charge >= 0.3 is 0 Å². The molecule has 8 heteroatoms. The Bertz CT molecular complexity index is 866. The SMILES string of the molecule is CCNC(=NCc1ccccc1CN1CCCCC1C)NCC(C)(O)c1cnn(C)c1.I. The van der Waals surface area contributed by atoms with E-state index in [9.17, 15) is 5.11 Å². The van der Waals surface area contributed by atoms with Gasteiger partial charge in [-0.15, -0.1) is 24.0 Å². The second-order valence-electron chi connectivity index (χ2n) is 8.81. The molecule has 2 unspecified atom stereocenters. The highest BCUT2D eigenvalue weighted by atomic mass is 127. The Morgan fingerprint density at radius 1 is 1.25 bits per heavy atom. The van der Waals surface area contributed by atoms with Crippen molar-refractivity contribution in [2.24, 2.45) is 12.0 Å². The van der Waals surface area contributed by atoms with E-state index in [1.54, 1.807) is 17.8 Å². The molecule has 3 rings (SSSR count). The molecule has 3 N–H and O–H groups in total. The first kappa shape index (κ1) is 26.6. The average molecular weight is 555 g/mol. The fourth-order valence-corrected chi connectivity index (χ4v) is 4.04. The van der Waals surface area contributed by atoms with Crippen molar-refractivity contribution in [3.05, 3.63) is 53.3 Å². The number of likely N-dealkylation sites (tertiary alicyclic amines) is 1. The lowest BCUT2D eigenvalue weighted by Gasteiger charge is -2.33. The minimum Gasteiger partial charge on any atom is -0.383 e. The van der Waals surface area contributed by atoms with Crippen LogP contribution < -0.4 is 10.6 Å². The van der Waals surface area contributed by atoms with Gasteiger partial charge in [0.1, 0.15) is 5.60 Å². The van der Waals surface area contributed by atoms with Crippen molar-refractivity contribution in [1.82, 2.24) is 25.3 Å². The van der Waals surface area contributed by atoms with Crippen molar-refractivity contribution in [1.29, 1.82) is 0 Å². The molecule has 7 nitrogen and oxygen atoms in total. The third-order valence-corrected chi connectivity index (χ3v) is 6.11. The zero-order valence-electron chi connectivity index (χ0n) is 19.8. The summed E-state index contributed by atoms with van der Waals surface area (Å²) < 4.78 is 1.70. The molecule has 0 amide bonds. The highest BCUT2D eigenvalue weighted by molar-refractivity contribution is 14.0. The fourth-order valence-electron chi connectivity index (χ4n) is 4.04. The molecule has 2 atom stereocenters. The van der Waals surface area contributed by atoms with E-state index < -0.39 is 5.60 Å². The van der Waals surface area contributed by atoms with E-state index in [0.717, 1.165) is 18.7 Å². The van der Waals surface area contributed by atoms with Gasteiger partial charge in [-0.1, -0.05) is 30.7 Å². The summed E-state index contributed by atoms with van der Waals surface area (Å²) in [6, 6.07) is 9.23. The first-order valence-corrected chi connectivity index (χ1v) is 11.4. The lowest BCUT2D eigenvalue weighted by molar-refractivity contribution is 0.0616. The van der Waals surface area contributed by atoms with E-state index in [-0.39, 0.29) is 24.0 Å². The van der Waals surface area contributed by atoms with Gasteiger partial charge in [0.05, 0.1) is 19.3 Å². The molecule has 178 valence electrons. The van der Waals surface area contributed by atoms with E-state index in [0.29, 0.717) is 25.1 Å². The zero-order valence-corrected chi connectivity index (χ0v) is 22.2. The number of aliphatic hydroxyl groups is 1. The van der Waals surface area contributed by atoms with Gasteiger partial charge in [-0.05, 0) is 51.3 Å². The standard InChI is InChI=1S/C24H38N6O.HI/c1-5-25-23(27-18-24(3,31)22-15-28-29(4)17-22)26-14-20-11-6-7-12-21(20)16-30-13-9-8-10-19(30)2;/h6-7,11-12,15,17,19,31H,5,8-10,13-14,16,18H2,1-4H3,(H2,25,26,27);1H. The highest BCUT2D eigenvalue weighted by Crippen LogP contribution is 2.21. The molecule has 0 saturated carbocycles. The van der Waals surface area contributed by atoms with E-state index in [4.69, 9.17) is 4.99 Å². The number of nitrogens with one attached hydrogen (secondary N) is 2. The van der Waals surface area contributed by atoms with Crippen LogP contribution >= 0.6 is 24.0 Å². The Labute approximate surface area is 209 Å². The molecule has 1 fully saturated rings. The van der Waals surface area contributed by atoms with Gasteiger partial charge < -0.3 is 15.7 Å². The smallest absolute Gasteiger partial charge is 0.191 e. The third-order valence-electron chi connectivity index (χ3n) is 6.11. The Hall–Kier alpha value is -1.65. The minimum atomic E-state index is -1.03. The second kappa shape index (κ2) is 12.6. The molecule has 0 spiro atoms. The van der Waals surface area contributed by atoms with Crippen LogP contribution in [0.3, 0.4) is 0 Å². The summed E-state index contributed by atoms with van der Waals surface area (Å²) in [7, 11) is 1.85. The summed E-state index contributed by atoms with van der Waals surface area (Å²) in [5.74, 6) is 0.702. The number of hydrogen-bond donors (Lipinski definition) is 3. The molecule has 2 aromatic rings. The average Bonchev–Trinajstić information content (AvgIpc) is 3.20. The second-order valence-corrected chi connectivity index (χ2v) is 8.81. The van der Waals surface area contributed by atoms with E-state index >= 15 is 0 Å². The largest absolute Gasteiger partial charge is 0.383 e. The fraction of sp³-hybridized carbons (Fsp3) is 0.583. The minimum absolute atomic E-state index is 0. The quantitative estimate of drug-likeness (QED) is 0.265. The molecule has 1 aliphatic rings. The normalized spacial score (nSPS) is 19.2. The van der Waals surface area contributed by atoms with Crippen molar-refractivity contribution in [2.75, 3.05) is 19.6 Å². The summed E-state index contributed by atoms with van der Waals surface area (Å²) in [4.78, 5) is 7.39. The summed E-state index contributed by atoms with van der Waals surface area (Å²) in [5, 5.41) is 21.6. The monoisotopic (exact) mass is 554 g/mol. The predicted octanol–water partition coefficient (Wildman–Crippen LogP) is 3.38. The Balaban J connectivity index is 0.00000363. The molecule has 0 aliphatic carbocycles. The Kier molecular flexibility index (Phi) is 10.4. The Morgan fingerprint density at radius 3 is 2.66 bits per heavy atom. The van der Waals surface area contributed by atoms with Crippen molar-refractivity contribution < 1.29 is 5.11 Å².